The largest absolute Gasteiger partial charge is 1.00 e. The highest BCUT2D eigenvalue weighted by Gasteiger charge is 2.21. The summed E-state index contributed by atoms with van der Waals surface area (Å²) in [4.78, 5) is 12.2. The zero-order valence-corrected chi connectivity index (χ0v) is 22.7. The number of aliphatic hydroxyl groups is 2. The summed E-state index contributed by atoms with van der Waals surface area (Å²) in [5.74, 6) is -0.101. The second-order valence-electron chi connectivity index (χ2n) is 9.32. The highest BCUT2D eigenvalue weighted by Crippen LogP contribution is 2.17. The Morgan fingerprint density at radius 1 is 0.743 bits per heavy atom. The quantitative estimate of drug-likeness (QED) is 0.186. The predicted octanol–water partition coefficient (Wildman–Crippen LogP) is 2.26. The second-order valence-corrected chi connectivity index (χ2v) is 9.32. The van der Waals surface area contributed by atoms with Crippen LogP contribution in [0.1, 0.15) is 95.1 Å². The van der Waals surface area contributed by atoms with E-state index in [0.29, 0.717) is 12.0 Å². The number of pyridine rings is 1. The van der Waals surface area contributed by atoms with Crippen molar-refractivity contribution in [3.63, 3.8) is 0 Å². The predicted molar refractivity (Wildman–Crippen MR) is 137 cm³/mol. The standard InChI is InChI=1S/C29H44N2O3.BrH/c32-25-27(29(34)26-19-13-11-14-20-26)30-28(33)21-15-9-7-5-3-1-2-4-6-8-10-16-22-31-23-17-12-18-24-31;/h11-14,17-20,23-24,27,29,32,34H,1-10,15-16,21-22,25H2;1H/t27-,29+;/m1./s1. The zero-order valence-electron chi connectivity index (χ0n) is 21.2. The number of benzene rings is 1. The molecule has 0 aliphatic heterocycles. The van der Waals surface area contributed by atoms with E-state index in [1.807, 2.05) is 18.2 Å². The van der Waals surface area contributed by atoms with Gasteiger partial charge in [0.05, 0.1) is 12.6 Å². The molecule has 35 heavy (non-hydrogen) atoms. The minimum atomic E-state index is -0.900. The van der Waals surface area contributed by atoms with E-state index in [-0.39, 0.29) is 29.5 Å². The summed E-state index contributed by atoms with van der Waals surface area (Å²) in [5, 5.41) is 22.7. The monoisotopic (exact) mass is 548 g/mol. The van der Waals surface area contributed by atoms with Crippen molar-refractivity contribution >= 4 is 5.91 Å². The van der Waals surface area contributed by atoms with Crippen LogP contribution in [-0.4, -0.2) is 28.8 Å². The number of nitrogens with one attached hydrogen (secondary N) is 1. The van der Waals surface area contributed by atoms with Crippen LogP contribution in [0.15, 0.2) is 60.9 Å². The van der Waals surface area contributed by atoms with Crippen LogP contribution >= 0.6 is 0 Å². The van der Waals surface area contributed by atoms with E-state index in [0.717, 1.165) is 19.4 Å². The van der Waals surface area contributed by atoms with Crippen molar-refractivity contribution in [3.8, 4) is 0 Å². The molecule has 0 aliphatic rings. The van der Waals surface area contributed by atoms with Gasteiger partial charge >= 0.3 is 0 Å². The number of hydrogen-bond acceptors (Lipinski definition) is 3. The molecule has 1 aromatic heterocycles. The van der Waals surface area contributed by atoms with E-state index in [2.05, 4.69) is 40.5 Å². The molecule has 1 heterocycles. The summed E-state index contributed by atoms with van der Waals surface area (Å²) >= 11 is 0. The smallest absolute Gasteiger partial charge is 0.220 e. The summed E-state index contributed by atoms with van der Waals surface area (Å²) in [6.07, 6.45) is 18.7. The molecule has 0 saturated carbocycles. The van der Waals surface area contributed by atoms with Gasteiger partial charge < -0.3 is 32.5 Å². The minimum absolute atomic E-state index is 0. The molecule has 0 saturated heterocycles. The van der Waals surface area contributed by atoms with Crippen molar-refractivity contribution in [2.24, 2.45) is 0 Å². The van der Waals surface area contributed by atoms with Crippen LogP contribution < -0.4 is 26.9 Å². The van der Waals surface area contributed by atoms with Crippen molar-refractivity contribution < 1.29 is 36.6 Å². The molecule has 0 bridgehead atoms. The fraction of sp³-hybridized carbons (Fsp3) is 0.586. The molecule has 1 amide bonds. The lowest BCUT2D eigenvalue weighted by atomic mass is 10.0. The number of aliphatic hydroxyl groups excluding tert-OH is 2. The molecule has 1 aromatic carbocycles. The first-order chi connectivity index (χ1) is 16.7. The number of aromatic nitrogens is 1. The Balaban J connectivity index is 0.00000612. The van der Waals surface area contributed by atoms with Gasteiger partial charge in [0, 0.05) is 25.0 Å². The van der Waals surface area contributed by atoms with Gasteiger partial charge in [-0.3, -0.25) is 4.79 Å². The van der Waals surface area contributed by atoms with E-state index < -0.39 is 12.1 Å². The number of halogens is 1. The van der Waals surface area contributed by atoms with E-state index in [9.17, 15) is 15.0 Å². The number of amides is 1. The SMILES string of the molecule is O=C(CCCCCCCCCCCCCC[n+]1ccccc1)N[C@H](CO)[C@@H](O)c1ccccc1.[Br-]. The van der Waals surface area contributed by atoms with Crippen molar-refractivity contribution in [3.05, 3.63) is 66.5 Å². The average molecular weight is 550 g/mol. The number of rotatable bonds is 19. The number of aryl methyl sites for hydroxylation is 1. The highest BCUT2D eigenvalue weighted by atomic mass is 79.9. The molecule has 2 aromatic rings. The minimum Gasteiger partial charge on any atom is -1.00 e. The third-order valence-electron chi connectivity index (χ3n) is 6.41. The first-order valence-corrected chi connectivity index (χ1v) is 13.3. The Hall–Kier alpha value is -1.76. The van der Waals surface area contributed by atoms with Crippen LogP contribution in [0.25, 0.3) is 0 Å². The normalized spacial score (nSPS) is 12.5. The molecule has 196 valence electrons. The third kappa shape index (κ3) is 14.4. The van der Waals surface area contributed by atoms with Crippen LogP contribution in [0.3, 0.4) is 0 Å². The van der Waals surface area contributed by atoms with Crippen LogP contribution in [0.2, 0.25) is 0 Å². The van der Waals surface area contributed by atoms with Gasteiger partial charge in [-0.25, -0.2) is 4.57 Å². The second kappa shape index (κ2) is 20.4. The van der Waals surface area contributed by atoms with Crippen molar-refractivity contribution in [1.82, 2.24) is 5.32 Å². The van der Waals surface area contributed by atoms with Gasteiger partial charge in [0.2, 0.25) is 5.91 Å². The number of nitrogens with zero attached hydrogens (tertiary/aromatic N) is 1. The van der Waals surface area contributed by atoms with Crippen LogP contribution in [0.4, 0.5) is 0 Å². The number of carbonyl (C=O) groups is 1. The molecule has 2 atom stereocenters. The maximum atomic E-state index is 12.2. The van der Waals surface area contributed by atoms with Crippen molar-refractivity contribution in [2.75, 3.05) is 6.61 Å². The molecule has 0 unspecified atom stereocenters. The van der Waals surface area contributed by atoms with Crippen LogP contribution in [0.5, 0.6) is 0 Å². The molecular formula is C29H45BrN2O3. The molecule has 3 N–H and O–H groups in total. The lowest BCUT2D eigenvalue weighted by Crippen LogP contribution is -3.00. The number of hydrogen-bond donors (Lipinski definition) is 3. The van der Waals surface area contributed by atoms with Gasteiger partial charge in [-0.2, -0.15) is 0 Å². The van der Waals surface area contributed by atoms with Gasteiger partial charge in [-0.05, 0) is 18.4 Å². The highest BCUT2D eigenvalue weighted by molar-refractivity contribution is 5.76. The summed E-state index contributed by atoms with van der Waals surface area (Å²) in [5.41, 5.74) is 0.698. The topological polar surface area (TPSA) is 73.4 Å². The number of carbonyl (C=O) groups excluding carboxylic acids is 1. The summed E-state index contributed by atoms with van der Waals surface area (Å²) < 4.78 is 2.26. The van der Waals surface area contributed by atoms with Crippen LogP contribution in [0, 0.1) is 0 Å². The van der Waals surface area contributed by atoms with E-state index in [1.165, 1.54) is 64.2 Å². The number of unbranched alkanes of at least 4 members (excludes halogenated alkanes) is 11. The van der Waals surface area contributed by atoms with Gasteiger partial charge in [-0.15, -0.1) is 0 Å². The maximum Gasteiger partial charge on any atom is 0.220 e. The summed E-state index contributed by atoms with van der Waals surface area (Å²) in [6, 6.07) is 14.7. The lowest BCUT2D eigenvalue weighted by molar-refractivity contribution is -0.697. The first kappa shape index (κ1) is 31.3. The molecule has 0 fully saturated rings. The van der Waals surface area contributed by atoms with Crippen molar-refractivity contribution in [2.45, 2.75) is 102 Å². The Kier molecular flexibility index (Phi) is 18.3. The van der Waals surface area contributed by atoms with E-state index in [1.54, 1.807) is 12.1 Å². The van der Waals surface area contributed by atoms with Crippen molar-refractivity contribution in [1.29, 1.82) is 0 Å². The zero-order chi connectivity index (χ0) is 24.3. The summed E-state index contributed by atoms with van der Waals surface area (Å²) in [6.45, 7) is 0.842. The van der Waals surface area contributed by atoms with E-state index >= 15 is 0 Å². The lowest BCUT2D eigenvalue weighted by Gasteiger charge is -2.22. The molecule has 5 nitrogen and oxygen atoms in total. The van der Waals surface area contributed by atoms with E-state index in [4.69, 9.17) is 0 Å². The molecular weight excluding hydrogens is 504 g/mol. The first-order valence-electron chi connectivity index (χ1n) is 13.3. The van der Waals surface area contributed by atoms with Gasteiger partial charge in [0.15, 0.2) is 12.4 Å². The molecule has 6 heteroatoms. The summed E-state index contributed by atoms with van der Waals surface area (Å²) in [7, 11) is 0. The van der Waals surface area contributed by atoms with Gasteiger partial charge in [0.25, 0.3) is 0 Å². The maximum absolute atomic E-state index is 12.2. The molecule has 2 rings (SSSR count). The molecule has 0 radical (unpaired) electrons. The fourth-order valence-electron chi connectivity index (χ4n) is 4.32. The van der Waals surface area contributed by atoms with Gasteiger partial charge in [-0.1, -0.05) is 94.2 Å². The Labute approximate surface area is 222 Å². The van der Waals surface area contributed by atoms with Gasteiger partial charge in [0.1, 0.15) is 12.6 Å². The fourth-order valence-corrected chi connectivity index (χ4v) is 4.32. The van der Waals surface area contributed by atoms with Crippen LogP contribution in [-0.2, 0) is 11.3 Å². The molecule has 0 spiro atoms. The Morgan fingerprint density at radius 2 is 1.23 bits per heavy atom. The Morgan fingerprint density at radius 3 is 1.77 bits per heavy atom. The average Bonchev–Trinajstić information content (AvgIpc) is 2.88. The third-order valence-corrected chi connectivity index (χ3v) is 6.41. The Bertz CT molecular complexity index is 761. The molecule has 0 aliphatic carbocycles.